The van der Waals surface area contributed by atoms with Crippen molar-refractivity contribution >= 4 is 53.3 Å². The average molecular weight is 358 g/mol. The van der Waals surface area contributed by atoms with Gasteiger partial charge in [-0.3, -0.25) is 4.79 Å². The van der Waals surface area contributed by atoms with Gasteiger partial charge in [0.15, 0.2) is 0 Å². The maximum Gasteiger partial charge on any atom is 0.237 e. The van der Waals surface area contributed by atoms with E-state index in [9.17, 15) is 4.79 Å². The molecule has 2 atom stereocenters. The van der Waals surface area contributed by atoms with Gasteiger partial charge in [-0.15, -0.1) is 12.4 Å². The van der Waals surface area contributed by atoms with E-state index >= 15 is 0 Å². The molecular weight excluding hydrogens is 339 g/mol. The van der Waals surface area contributed by atoms with E-state index in [0.29, 0.717) is 16.5 Å². The fraction of sp³-hybridized carbons (Fsp3) is 0.462. The molecule has 7 heteroatoms. The highest BCUT2D eigenvalue weighted by molar-refractivity contribution is 7.98. The molecule has 0 aliphatic heterocycles. The average Bonchev–Trinajstić information content (AvgIpc) is 2.38. The fourth-order valence-electron chi connectivity index (χ4n) is 1.56. The quantitative estimate of drug-likeness (QED) is 0.816. The van der Waals surface area contributed by atoms with Gasteiger partial charge >= 0.3 is 0 Å². The van der Waals surface area contributed by atoms with E-state index in [1.165, 1.54) is 0 Å². The Morgan fingerprint density at radius 2 is 2.05 bits per heavy atom. The van der Waals surface area contributed by atoms with Crippen molar-refractivity contribution in [2.75, 3.05) is 12.0 Å². The first kappa shape index (κ1) is 19.9. The smallest absolute Gasteiger partial charge is 0.237 e. The third-order valence-corrected chi connectivity index (χ3v) is 4.16. The second-order valence-corrected chi connectivity index (χ2v) is 6.09. The molecular formula is C13H19Cl3N2OS. The maximum atomic E-state index is 11.9. The molecule has 0 aliphatic carbocycles. The lowest BCUT2D eigenvalue weighted by atomic mass is 10.1. The molecule has 20 heavy (non-hydrogen) atoms. The first-order chi connectivity index (χ1) is 8.95. The molecule has 3 nitrogen and oxygen atoms in total. The molecule has 1 amide bonds. The lowest BCUT2D eigenvalue weighted by Crippen LogP contribution is -2.41. The predicted molar refractivity (Wildman–Crippen MR) is 91.2 cm³/mol. The van der Waals surface area contributed by atoms with Crippen LogP contribution >= 0.6 is 47.4 Å². The zero-order valence-electron chi connectivity index (χ0n) is 11.4. The van der Waals surface area contributed by atoms with Gasteiger partial charge in [-0.25, -0.2) is 0 Å². The highest BCUT2D eigenvalue weighted by Gasteiger charge is 2.16. The number of nitrogens with two attached hydrogens (primary N) is 1. The van der Waals surface area contributed by atoms with Crippen LogP contribution in [-0.4, -0.2) is 24.0 Å². The number of carbonyl (C=O) groups is 1. The maximum absolute atomic E-state index is 11.9. The number of hydrogen-bond donors (Lipinski definition) is 2. The van der Waals surface area contributed by atoms with Crippen molar-refractivity contribution in [1.82, 2.24) is 5.32 Å². The zero-order valence-corrected chi connectivity index (χ0v) is 14.5. The van der Waals surface area contributed by atoms with Crippen molar-refractivity contribution in [3.05, 3.63) is 33.8 Å². The van der Waals surface area contributed by atoms with Crippen molar-refractivity contribution in [2.45, 2.75) is 25.4 Å². The summed E-state index contributed by atoms with van der Waals surface area (Å²) in [6, 6.07) is 4.69. The van der Waals surface area contributed by atoms with Crippen LogP contribution in [0, 0.1) is 0 Å². The van der Waals surface area contributed by atoms with Crippen LogP contribution in [0.4, 0.5) is 0 Å². The topological polar surface area (TPSA) is 55.1 Å². The van der Waals surface area contributed by atoms with Crippen LogP contribution < -0.4 is 11.1 Å². The van der Waals surface area contributed by atoms with E-state index in [-0.39, 0.29) is 24.4 Å². The molecule has 0 saturated heterocycles. The Morgan fingerprint density at radius 1 is 1.40 bits per heavy atom. The third-order valence-electron chi connectivity index (χ3n) is 2.77. The molecule has 0 saturated carbocycles. The van der Waals surface area contributed by atoms with E-state index in [1.807, 2.05) is 19.2 Å². The molecule has 114 valence electrons. The van der Waals surface area contributed by atoms with E-state index in [1.54, 1.807) is 23.9 Å². The highest BCUT2D eigenvalue weighted by Crippen LogP contribution is 2.25. The largest absolute Gasteiger partial charge is 0.348 e. The van der Waals surface area contributed by atoms with Gasteiger partial charge in [0.05, 0.1) is 22.1 Å². The Balaban J connectivity index is 0.00000361. The van der Waals surface area contributed by atoms with E-state index in [0.717, 1.165) is 11.3 Å². The number of amides is 1. The minimum Gasteiger partial charge on any atom is -0.348 e. The number of nitrogens with one attached hydrogen (secondary N) is 1. The molecule has 0 aromatic heterocycles. The molecule has 1 aromatic carbocycles. The molecule has 0 spiro atoms. The number of carbonyl (C=O) groups excluding carboxylic acids is 1. The number of hydrogen-bond acceptors (Lipinski definition) is 3. The second kappa shape index (κ2) is 9.74. The molecule has 0 aliphatic rings. The van der Waals surface area contributed by atoms with Crippen molar-refractivity contribution in [3.63, 3.8) is 0 Å². The normalized spacial score (nSPS) is 13.2. The zero-order chi connectivity index (χ0) is 14.4. The lowest BCUT2D eigenvalue weighted by molar-refractivity contribution is -0.123. The highest BCUT2D eigenvalue weighted by atomic mass is 35.5. The molecule has 1 unspecified atom stereocenters. The van der Waals surface area contributed by atoms with Crippen LogP contribution in [0.25, 0.3) is 0 Å². The van der Waals surface area contributed by atoms with Crippen molar-refractivity contribution in [3.8, 4) is 0 Å². The van der Waals surface area contributed by atoms with Gasteiger partial charge in [0.25, 0.3) is 0 Å². The lowest BCUT2D eigenvalue weighted by Gasteiger charge is -2.18. The predicted octanol–water partition coefficient (Wildman–Crippen LogP) is 3.67. The van der Waals surface area contributed by atoms with E-state index < -0.39 is 6.04 Å². The fourth-order valence-corrected chi connectivity index (χ4v) is 2.36. The van der Waals surface area contributed by atoms with E-state index in [2.05, 4.69) is 5.32 Å². The molecule has 1 rings (SSSR count). The summed E-state index contributed by atoms with van der Waals surface area (Å²) in [5, 5.41) is 3.86. The summed E-state index contributed by atoms with van der Waals surface area (Å²) < 4.78 is 0. The van der Waals surface area contributed by atoms with Gasteiger partial charge in [-0.2, -0.15) is 11.8 Å². The number of benzene rings is 1. The summed E-state index contributed by atoms with van der Waals surface area (Å²) in [6.45, 7) is 1.89. The SMILES string of the molecule is CSCC[C@H](N)C(=O)NC(C)c1ccc(Cl)c(Cl)c1.Cl. The number of rotatable bonds is 6. The first-order valence-electron chi connectivity index (χ1n) is 5.95. The number of halogens is 3. The molecule has 0 radical (unpaired) electrons. The van der Waals surface area contributed by atoms with Gasteiger partial charge in [0.1, 0.15) is 0 Å². The molecule has 0 bridgehead atoms. The Morgan fingerprint density at radius 3 is 2.60 bits per heavy atom. The summed E-state index contributed by atoms with van der Waals surface area (Å²) in [6.07, 6.45) is 2.66. The molecule has 1 aromatic rings. The minimum atomic E-state index is -0.474. The Labute approximate surface area is 140 Å². The Bertz CT molecular complexity index is 446. The summed E-state index contributed by atoms with van der Waals surface area (Å²) >= 11 is 13.5. The number of thioether (sulfide) groups is 1. The van der Waals surface area contributed by atoms with Gasteiger partial charge in [-0.1, -0.05) is 29.3 Å². The van der Waals surface area contributed by atoms with Crippen LogP contribution in [0.15, 0.2) is 18.2 Å². The summed E-state index contributed by atoms with van der Waals surface area (Å²) in [4.78, 5) is 11.9. The third kappa shape index (κ3) is 6.10. The van der Waals surface area contributed by atoms with Crippen LogP contribution in [0.5, 0.6) is 0 Å². The van der Waals surface area contributed by atoms with Crippen molar-refractivity contribution < 1.29 is 4.79 Å². The van der Waals surface area contributed by atoms with Gasteiger partial charge < -0.3 is 11.1 Å². The van der Waals surface area contributed by atoms with Crippen molar-refractivity contribution in [2.24, 2.45) is 5.73 Å². The van der Waals surface area contributed by atoms with Crippen LogP contribution in [-0.2, 0) is 4.79 Å². The van der Waals surface area contributed by atoms with Crippen LogP contribution in [0.1, 0.15) is 24.9 Å². The van der Waals surface area contributed by atoms with Gasteiger partial charge in [0.2, 0.25) is 5.91 Å². The molecule has 0 fully saturated rings. The summed E-state index contributed by atoms with van der Waals surface area (Å²) in [5.74, 6) is 0.725. The first-order valence-corrected chi connectivity index (χ1v) is 8.10. The van der Waals surface area contributed by atoms with Gasteiger partial charge in [0, 0.05) is 0 Å². The standard InChI is InChI=1S/C13H18Cl2N2OS.ClH/c1-8(9-3-4-10(14)11(15)7-9)17-13(18)12(16)5-6-19-2;/h3-4,7-8,12H,5-6,16H2,1-2H3,(H,17,18);1H/t8?,12-;/m0./s1. The molecule has 3 N–H and O–H groups in total. The second-order valence-electron chi connectivity index (χ2n) is 4.29. The van der Waals surface area contributed by atoms with E-state index in [4.69, 9.17) is 28.9 Å². The monoisotopic (exact) mass is 356 g/mol. The minimum absolute atomic E-state index is 0. The van der Waals surface area contributed by atoms with Crippen molar-refractivity contribution in [1.29, 1.82) is 0 Å². The Kier molecular flexibility index (Phi) is 9.68. The Hall–Kier alpha value is -0.130. The summed E-state index contributed by atoms with van der Waals surface area (Å²) in [7, 11) is 0. The molecule has 0 heterocycles. The van der Waals surface area contributed by atoms with Gasteiger partial charge in [-0.05, 0) is 43.0 Å². The van der Waals surface area contributed by atoms with Crippen LogP contribution in [0.2, 0.25) is 10.0 Å². The van der Waals surface area contributed by atoms with Crippen LogP contribution in [0.3, 0.4) is 0 Å². The summed E-state index contributed by atoms with van der Waals surface area (Å²) in [5.41, 5.74) is 6.71.